The number of carbonyl (C=O) groups is 1. The summed E-state index contributed by atoms with van der Waals surface area (Å²) >= 11 is 0. The molecule has 4 aromatic carbocycles. The Hall–Kier alpha value is -3.93. The Bertz CT molecular complexity index is 1410. The fraction of sp³-hybridized carbons (Fsp3) is 0.359. The molecular formula is C39H45N3O2. The van der Waals surface area contributed by atoms with Crippen molar-refractivity contribution in [2.24, 2.45) is 5.92 Å². The van der Waals surface area contributed by atoms with Crippen molar-refractivity contribution >= 4 is 5.91 Å². The van der Waals surface area contributed by atoms with E-state index in [9.17, 15) is 4.79 Å². The van der Waals surface area contributed by atoms with E-state index in [1.807, 2.05) is 24.3 Å². The minimum Gasteiger partial charge on any atom is -0.489 e. The molecule has 0 radical (unpaired) electrons. The molecule has 2 heterocycles. The maximum atomic E-state index is 13.2. The summed E-state index contributed by atoms with van der Waals surface area (Å²) in [5.41, 5.74) is 4.71. The summed E-state index contributed by atoms with van der Waals surface area (Å²) in [6.07, 6.45) is 4.56. The first-order chi connectivity index (χ1) is 21.7. The van der Waals surface area contributed by atoms with Crippen molar-refractivity contribution in [2.45, 2.75) is 44.2 Å². The van der Waals surface area contributed by atoms with Crippen LogP contribution in [0.2, 0.25) is 0 Å². The second-order valence-electron chi connectivity index (χ2n) is 12.5. The molecule has 228 valence electrons. The predicted octanol–water partition coefficient (Wildman–Crippen LogP) is 7.00. The van der Waals surface area contributed by atoms with Crippen LogP contribution in [-0.2, 0) is 6.54 Å². The third-order valence-corrected chi connectivity index (χ3v) is 9.11. The molecule has 2 atom stereocenters. The number of nitrogens with one attached hydrogen (secondary N) is 1. The molecule has 0 bridgehead atoms. The Morgan fingerprint density at radius 1 is 0.750 bits per heavy atom. The quantitative estimate of drug-likeness (QED) is 0.205. The first-order valence-electron chi connectivity index (χ1n) is 16.3. The van der Waals surface area contributed by atoms with Crippen LogP contribution in [0, 0.1) is 5.92 Å². The zero-order chi connectivity index (χ0) is 30.0. The van der Waals surface area contributed by atoms with Crippen LogP contribution < -0.4 is 10.1 Å². The SMILES string of the molecule is O=C(NCC1CCCN(Cc2ccccc2)C1)c1cccc(OC2CCCN(CC(c3ccccc3)c3ccccc3)C2)c1. The van der Waals surface area contributed by atoms with Crippen molar-refractivity contribution in [1.82, 2.24) is 15.1 Å². The molecular weight excluding hydrogens is 542 g/mol. The van der Waals surface area contributed by atoms with Crippen molar-refractivity contribution < 1.29 is 9.53 Å². The van der Waals surface area contributed by atoms with Gasteiger partial charge in [-0.1, -0.05) is 97.1 Å². The van der Waals surface area contributed by atoms with Gasteiger partial charge in [-0.2, -0.15) is 0 Å². The summed E-state index contributed by atoms with van der Waals surface area (Å²) < 4.78 is 6.51. The molecule has 2 aliphatic rings. The molecule has 4 aromatic rings. The summed E-state index contributed by atoms with van der Waals surface area (Å²) in [4.78, 5) is 18.2. The van der Waals surface area contributed by atoms with Crippen LogP contribution >= 0.6 is 0 Å². The highest BCUT2D eigenvalue weighted by Gasteiger charge is 2.26. The van der Waals surface area contributed by atoms with Gasteiger partial charge in [0.25, 0.3) is 5.91 Å². The Balaban J connectivity index is 1.02. The Labute approximate surface area is 262 Å². The van der Waals surface area contributed by atoms with Gasteiger partial charge in [-0.05, 0) is 79.6 Å². The zero-order valence-electron chi connectivity index (χ0n) is 25.7. The third-order valence-electron chi connectivity index (χ3n) is 9.11. The average Bonchev–Trinajstić information content (AvgIpc) is 3.08. The van der Waals surface area contributed by atoms with Crippen molar-refractivity contribution in [2.75, 3.05) is 39.3 Å². The van der Waals surface area contributed by atoms with E-state index in [0.717, 1.165) is 64.3 Å². The number of likely N-dealkylation sites (tertiary alicyclic amines) is 2. The van der Waals surface area contributed by atoms with Gasteiger partial charge in [-0.3, -0.25) is 14.6 Å². The lowest BCUT2D eigenvalue weighted by Gasteiger charge is -2.35. The second-order valence-corrected chi connectivity index (χ2v) is 12.5. The highest BCUT2D eigenvalue weighted by atomic mass is 16.5. The normalized spacial score (nSPS) is 19.5. The summed E-state index contributed by atoms with van der Waals surface area (Å²) in [5.74, 6) is 1.55. The lowest BCUT2D eigenvalue weighted by Crippen LogP contribution is -2.43. The number of hydrogen-bond acceptors (Lipinski definition) is 4. The molecule has 2 unspecified atom stereocenters. The van der Waals surface area contributed by atoms with E-state index in [1.165, 1.54) is 23.1 Å². The van der Waals surface area contributed by atoms with E-state index in [0.29, 0.717) is 23.9 Å². The van der Waals surface area contributed by atoms with Gasteiger partial charge < -0.3 is 10.1 Å². The van der Waals surface area contributed by atoms with Gasteiger partial charge in [0.05, 0.1) is 0 Å². The largest absolute Gasteiger partial charge is 0.489 e. The zero-order valence-corrected chi connectivity index (χ0v) is 25.7. The lowest BCUT2D eigenvalue weighted by atomic mass is 9.90. The highest BCUT2D eigenvalue weighted by molar-refractivity contribution is 5.94. The van der Waals surface area contributed by atoms with Gasteiger partial charge in [0.2, 0.25) is 0 Å². The number of rotatable bonds is 11. The van der Waals surface area contributed by atoms with Gasteiger partial charge in [-0.25, -0.2) is 0 Å². The van der Waals surface area contributed by atoms with Crippen molar-refractivity contribution in [3.63, 3.8) is 0 Å². The van der Waals surface area contributed by atoms with Gasteiger partial charge in [0.1, 0.15) is 11.9 Å². The van der Waals surface area contributed by atoms with E-state index in [4.69, 9.17) is 4.74 Å². The monoisotopic (exact) mass is 587 g/mol. The summed E-state index contributed by atoms with van der Waals surface area (Å²) in [6, 6.07) is 40.0. The number of hydrogen-bond donors (Lipinski definition) is 1. The molecule has 2 aliphatic heterocycles. The Kier molecular flexibility index (Phi) is 10.4. The summed E-state index contributed by atoms with van der Waals surface area (Å²) in [5, 5.41) is 3.21. The van der Waals surface area contributed by atoms with E-state index in [1.54, 1.807) is 0 Å². The van der Waals surface area contributed by atoms with E-state index in [-0.39, 0.29) is 12.0 Å². The van der Waals surface area contributed by atoms with Gasteiger partial charge in [0, 0.05) is 44.2 Å². The maximum Gasteiger partial charge on any atom is 0.251 e. The predicted molar refractivity (Wildman–Crippen MR) is 178 cm³/mol. The third kappa shape index (κ3) is 8.37. The lowest BCUT2D eigenvalue weighted by molar-refractivity contribution is 0.0859. The van der Waals surface area contributed by atoms with Gasteiger partial charge in [-0.15, -0.1) is 0 Å². The molecule has 0 spiro atoms. The highest BCUT2D eigenvalue weighted by Crippen LogP contribution is 2.28. The molecule has 1 N–H and O–H groups in total. The van der Waals surface area contributed by atoms with Crippen LogP contribution in [0.5, 0.6) is 5.75 Å². The first kappa shape index (κ1) is 30.1. The van der Waals surface area contributed by atoms with E-state index in [2.05, 4.69) is 106 Å². The van der Waals surface area contributed by atoms with Crippen LogP contribution in [0.15, 0.2) is 115 Å². The standard InChI is InChI=1S/C39H45N3O2/c43-39(40-26-32-15-11-23-41(28-32)27-31-13-4-1-5-14-31)35-20-10-21-36(25-35)44-37-22-12-24-42(29-37)30-38(33-16-6-2-7-17-33)34-18-8-3-9-19-34/h1-10,13-14,16-21,25,32,37-38H,11-12,15,22-24,26-30H2,(H,40,43). The van der Waals surface area contributed by atoms with Crippen LogP contribution in [0.3, 0.4) is 0 Å². The maximum absolute atomic E-state index is 13.2. The molecule has 0 aliphatic carbocycles. The first-order valence-corrected chi connectivity index (χ1v) is 16.3. The van der Waals surface area contributed by atoms with Crippen molar-refractivity contribution in [1.29, 1.82) is 0 Å². The van der Waals surface area contributed by atoms with Gasteiger partial charge >= 0.3 is 0 Å². The second kappa shape index (κ2) is 15.2. The number of benzene rings is 4. The van der Waals surface area contributed by atoms with Gasteiger partial charge in [0.15, 0.2) is 0 Å². The van der Waals surface area contributed by atoms with Crippen molar-refractivity contribution in [3.05, 3.63) is 138 Å². The number of ether oxygens (including phenoxy) is 1. The molecule has 5 heteroatoms. The number of piperidine rings is 2. The molecule has 6 rings (SSSR count). The van der Waals surface area contributed by atoms with E-state index >= 15 is 0 Å². The van der Waals surface area contributed by atoms with Crippen molar-refractivity contribution in [3.8, 4) is 5.75 Å². The fourth-order valence-electron chi connectivity index (χ4n) is 6.85. The molecule has 0 aromatic heterocycles. The molecule has 2 fully saturated rings. The minimum atomic E-state index is -0.0190. The number of amides is 1. The molecule has 1 amide bonds. The Morgan fingerprint density at radius 3 is 2.14 bits per heavy atom. The molecule has 5 nitrogen and oxygen atoms in total. The fourth-order valence-corrected chi connectivity index (χ4v) is 6.85. The molecule has 44 heavy (non-hydrogen) atoms. The number of carbonyl (C=O) groups excluding carboxylic acids is 1. The molecule has 2 saturated heterocycles. The molecule has 0 saturated carbocycles. The van der Waals surface area contributed by atoms with Crippen LogP contribution in [0.1, 0.15) is 58.6 Å². The van der Waals surface area contributed by atoms with E-state index < -0.39 is 0 Å². The summed E-state index contributed by atoms with van der Waals surface area (Å²) in [6.45, 7) is 6.73. The summed E-state index contributed by atoms with van der Waals surface area (Å²) in [7, 11) is 0. The smallest absolute Gasteiger partial charge is 0.251 e. The minimum absolute atomic E-state index is 0.0190. The van der Waals surface area contributed by atoms with Crippen LogP contribution in [0.25, 0.3) is 0 Å². The average molecular weight is 588 g/mol. The Morgan fingerprint density at radius 2 is 1.41 bits per heavy atom. The van der Waals surface area contributed by atoms with Crippen LogP contribution in [0.4, 0.5) is 0 Å². The number of nitrogens with zero attached hydrogens (tertiary/aromatic N) is 2. The topological polar surface area (TPSA) is 44.8 Å². The van der Waals surface area contributed by atoms with Crippen LogP contribution in [-0.4, -0.2) is 61.1 Å².